The smallest absolute Gasteiger partial charge is 0.408 e. The molecule has 1 atom stereocenters. The van der Waals surface area contributed by atoms with E-state index in [1.165, 1.54) is 0 Å². The van der Waals surface area contributed by atoms with Gasteiger partial charge in [0, 0.05) is 6.54 Å². The highest BCUT2D eigenvalue weighted by Crippen LogP contribution is 2.09. The molecule has 144 valence electrons. The van der Waals surface area contributed by atoms with E-state index in [-0.39, 0.29) is 13.2 Å². The Labute approximate surface area is 152 Å². The van der Waals surface area contributed by atoms with Crippen molar-refractivity contribution in [3.05, 3.63) is 46.0 Å². The molecule has 0 radical (unpaired) electrons. The molecule has 26 heavy (non-hydrogen) atoms. The number of nitrogens with zero attached hydrogens (tertiary/aromatic N) is 1. The highest BCUT2D eigenvalue weighted by Gasteiger charge is 2.24. The van der Waals surface area contributed by atoms with Crippen LogP contribution in [-0.2, 0) is 20.8 Å². The van der Waals surface area contributed by atoms with E-state index < -0.39 is 28.7 Å². The van der Waals surface area contributed by atoms with Crippen molar-refractivity contribution in [3.63, 3.8) is 0 Å². The van der Waals surface area contributed by atoms with E-state index in [1.807, 2.05) is 30.3 Å². The van der Waals surface area contributed by atoms with Crippen LogP contribution in [0.25, 0.3) is 0 Å². The summed E-state index contributed by atoms with van der Waals surface area (Å²) in [6.07, 6.45) is 0.220. The van der Waals surface area contributed by atoms with Crippen LogP contribution in [0.4, 0.5) is 4.79 Å². The Bertz CT molecular complexity index is 600. The van der Waals surface area contributed by atoms with Crippen LogP contribution >= 0.6 is 0 Å². The topological polar surface area (TPSA) is 120 Å². The van der Waals surface area contributed by atoms with E-state index in [2.05, 4.69) is 15.5 Å². The average molecular weight is 367 g/mol. The van der Waals surface area contributed by atoms with E-state index in [9.17, 15) is 19.7 Å². The zero-order chi connectivity index (χ0) is 19.6. The molecule has 9 heteroatoms. The molecule has 0 saturated carbocycles. The zero-order valence-electron chi connectivity index (χ0n) is 15.2. The monoisotopic (exact) mass is 367 g/mol. The number of amides is 2. The minimum absolute atomic E-state index is 0.0440. The summed E-state index contributed by atoms with van der Waals surface area (Å²) in [6, 6.07) is 8.69. The van der Waals surface area contributed by atoms with Crippen LogP contribution in [0.3, 0.4) is 0 Å². The van der Waals surface area contributed by atoms with Gasteiger partial charge in [0.2, 0.25) is 5.91 Å². The lowest BCUT2D eigenvalue weighted by atomic mass is 10.0. The number of carbonyl (C=O) groups excluding carboxylic acids is 2. The number of aryl methyl sites for hydroxylation is 1. The third-order valence-corrected chi connectivity index (χ3v) is 3.17. The summed E-state index contributed by atoms with van der Waals surface area (Å²) in [5.41, 5.74) is 0.331. The Morgan fingerprint density at radius 1 is 1.23 bits per heavy atom. The normalized spacial score (nSPS) is 12.0. The number of nitrogens with one attached hydrogen (secondary N) is 2. The fraction of sp³-hybridized carbons (Fsp3) is 0.529. The molecule has 2 amide bonds. The summed E-state index contributed by atoms with van der Waals surface area (Å²) in [7, 11) is 0. The van der Waals surface area contributed by atoms with Gasteiger partial charge in [-0.05, 0) is 39.2 Å². The van der Waals surface area contributed by atoms with Crippen LogP contribution in [0.5, 0.6) is 0 Å². The molecule has 1 rings (SSSR count). The lowest BCUT2D eigenvalue weighted by Crippen LogP contribution is -2.49. The summed E-state index contributed by atoms with van der Waals surface area (Å²) >= 11 is 0. The SMILES string of the molecule is CC(C)(C)OC(=O)NC(CCc1ccccc1)C(=O)NCCO[N+](=O)[O-]. The van der Waals surface area contributed by atoms with Gasteiger partial charge in [-0.1, -0.05) is 30.3 Å². The maximum Gasteiger partial charge on any atom is 0.408 e. The number of hydrogen-bond donors (Lipinski definition) is 2. The van der Waals surface area contributed by atoms with E-state index in [4.69, 9.17) is 4.74 Å². The summed E-state index contributed by atoms with van der Waals surface area (Å²) in [5.74, 6) is -0.460. The van der Waals surface area contributed by atoms with Crippen LogP contribution in [0.1, 0.15) is 32.8 Å². The second-order valence-electron chi connectivity index (χ2n) is 6.57. The third-order valence-electron chi connectivity index (χ3n) is 3.17. The molecule has 2 N–H and O–H groups in total. The van der Waals surface area contributed by atoms with Crippen molar-refractivity contribution >= 4 is 12.0 Å². The van der Waals surface area contributed by atoms with Crippen LogP contribution in [0.15, 0.2) is 30.3 Å². The fourth-order valence-corrected chi connectivity index (χ4v) is 2.09. The van der Waals surface area contributed by atoms with Crippen LogP contribution in [-0.4, -0.2) is 41.9 Å². The molecule has 0 aromatic heterocycles. The first-order chi connectivity index (χ1) is 12.2. The fourth-order valence-electron chi connectivity index (χ4n) is 2.09. The Morgan fingerprint density at radius 2 is 1.88 bits per heavy atom. The van der Waals surface area contributed by atoms with Gasteiger partial charge in [-0.15, -0.1) is 10.1 Å². The van der Waals surface area contributed by atoms with E-state index >= 15 is 0 Å². The molecule has 1 aromatic carbocycles. The lowest BCUT2D eigenvalue weighted by Gasteiger charge is -2.23. The standard InChI is InChI=1S/C17H25N3O6/c1-17(2,3)26-16(22)19-14(10-9-13-7-5-4-6-8-13)15(21)18-11-12-25-20(23)24/h4-8,14H,9-12H2,1-3H3,(H,18,21)(H,19,22). The highest BCUT2D eigenvalue weighted by molar-refractivity contribution is 5.85. The number of alkyl carbamates (subject to hydrolysis) is 1. The molecule has 0 aliphatic heterocycles. The van der Waals surface area contributed by atoms with Crippen molar-refractivity contribution in [3.8, 4) is 0 Å². The van der Waals surface area contributed by atoms with Crippen molar-refractivity contribution in [1.82, 2.24) is 10.6 Å². The van der Waals surface area contributed by atoms with Gasteiger partial charge >= 0.3 is 6.09 Å². The highest BCUT2D eigenvalue weighted by atomic mass is 16.9. The molecule has 0 aliphatic carbocycles. The molecule has 9 nitrogen and oxygen atoms in total. The average Bonchev–Trinajstić information content (AvgIpc) is 2.54. The van der Waals surface area contributed by atoms with Gasteiger partial charge < -0.3 is 20.2 Å². The summed E-state index contributed by atoms with van der Waals surface area (Å²) in [6.45, 7) is 4.86. The molecule has 0 heterocycles. The molecule has 0 bridgehead atoms. The number of rotatable bonds is 9. The van der Waals surface area contributed by atoms with Gasteiger partial charge in [0.15, 0.2) is 0 Å². The number of carbonyl (C=O) groups is 2. The predicted molar refractivity (Wildman–Crippen MR) is 93.9 cm³/mol. The molecule has 0 spiro atoms. The van der Waals surface area contributed by atoms with Crippen molar-refractivity contribution < 1.29 is 24.3 Å². The molecule has 0 saturated heterocycles. The second kappa shape index (κ2) is 10.2. The number of benzene rings is 1. The summed E-state index contributed by atoms with van der Waals surface area (Å²) in [5, 5.41) is 14.2. The van der Waals surface area contributed by atoms with Crippen molar-refractivity contribution in [2.45, 2.75) is 45.3 Å². The largest absolute Gasteiger partial charge is 0.444 e. The molecular formula is C17H25N3O6. The van der Waals surface area contributed by atoms with Crippen LogP contribution in [0, 0.1) is 10.1 Å². The van der Waals surface area contributed by atoms with Gasteiger partial charge in [0.1, 0.15) is 18.2 Å². The lowest BCUT2D eigenvalue weighted by molar-refractivity contribution is -0.757. The van der Waals surface area contributed by atoms with Crippen molar-refractivity contribution in [2.24, 2.45) is 0 Å². The van der Waals surface area contributed by atoms with E-state index in [0.717, 1.165) is 5.56 Å². The molecule has 1 unspecified atom stereocenters. The second-order valence-corrected chi connectivity index (χ2v) is 6.57. The maximum absolute atomic E-state index is 12.3. The molecular weight excluding hydrogens is 342 g/mol. The van der Waals surface area contributed by atoms with Gasteiger partial charge in [-0.3, -0.25) is 4.79 Å². The third kappa shape index (κ3) is 9.45. The van der Waals surface area contributed by atoms with Crippen LogP contribution in [0.2, 0.25) is 0 Å². The van der Waals surface area contributed by atoms with E-state index in [1.54, 1.807) is 20.8 Å². The minimum Gasteiger partial charge on any atom is -0.444 e. The first-order valence-electron chi connectivity index (χ1n) is 8.26. The predicted octanol–water partition coefficient (Wildman–Crippen LogP) is 1.84. The van der Waals surface area contributed by atoms with Crippen molar-refractivity contribution in [1.29, 1.82) is 0 Å². The van der Waals surface area contributed by atoms with Gasteiger partial charge in [-0.2, -0.15) is 0 Å². The van der Waals surface area contributed by atoms with Gasteiger partial charge in [0.25, 0.3) is 5.09 Å². The Kier molecular flexibility index (Phi) is 8.33. The first kappa shape index (κ1) is 21.2. The first-order valence-corrected chi connectivity index (χ1v) is 8.26. The van der Waals surface area contributed by atoms with Gasteiger partial charge in [-0.25, -0.2) is 4.79 Å². The Hall–Kier alpha value is -2.84. The minimum atomic E-state index is -0.933. The van der Waals surface area contributed by atoms with E-state index in [0.29, 0.717) is 12.8 Å². The summed E-state index contributed by atoms with van der Waals surface area (Å²) < 4.78 is 5.18. The molecule has 0 fully saturated rings. The molecule has 1 aromatic rings. The molecule has 0 aliphatic rings. The Balaban J connectivity index is 2.62. The van der Waals surface area contributed by atoms with Crippen LogP contribution < -0.4 is 10.6 Å². The number of ether oxygens (including phenoxy) is 1. The summed E-state index contributed by atoms with van der Waals surface area (Å²) in [4.78, 5) is 38.5. The van der Waals surface area contributed by atoms with Crippen molar-refractivity contribution in [2.75, 3.05) is 13.2 Å². The van der Waals surface area contributed by atoms with Gasteiger partial charge in [0.05, 0.1) is 0 Å². The maximum atomic E-state index is 12.3. The Morgan fingerprint density at radius 3 is 2.46 bits per heavy atom. The number of hydrogen-bond acceptors (Lipinski definition) is 6. The quantitative estimate of drug-likeness (QED) is 0.390. The zero-order valence-corrected chi connectivity index (χ0v) is 15.2.